The summed E-state index contributed by atoms with van der Waals surface area (Å²) in [5.74, 6) is 0.911. The van der Waals surface area contributed by atoms with E-state index in [0.717, 1.165) is 31.2 Å². The Hall–Kier alpha value is -1.88. The number of ether oxygens (including phenoxy) is 1. The molecule has 1 aromatic carbocycles. The van der Waals surface area contributed by atoms with Crippen LogP contribution in [0.3, 0.4) is 0 Å². The van der Waals surface area contributed by atoms with E-state index < -0.39 is 6.09 Å². The summed E-state index contributed by atoms with van der Waals surface area (Å²) in [6, 6.07) is 6.32. The summed E-state index contributed by atoms with van der Waals surface area (Å²) in [5, 5.41) is 6.71. The highest BCUT2D eigenvalue weighted by Crippen LogP contribution is 2.34. The SMILES string of the molecule is CC[C@@H]1CC[C@H](CC)C[C@@H](OC(=O)Nc2ccc(F)cc2-c2ccsc2)C1. The Labute approximate surface area is 164 Å². The topological polar surface area (TPSA) is 38.3 Å². The molecule has 1 fully saturated rings. The lowest BCUT2D eigenvalue weighted by atomic mass is 9.95. The van der Waals surface area contributed by atoms with E-state index in [9.17, 15) is 9.18 Å². The second-order valence-electron chi connectivity index (χ2n) is 7.45. The highest BCUT2D eigenvalue weighted by Gasteiger charge is 2.27. The first-order chi connectivity index (χ1) is 13.1. The fourth-order valence-corrected chi connectivity index (χ4v) is 4.61. The van der Waals surface area contributed by atoms with E-state index in [1.165, 1.54) is 36.3 Å². The average molecular weight is 390 g/mol. The number of carbonyl (C=O) groups excluding carboxylic acids is 1. The first-order valence-corrected chi connectivity index (χ1v) is 10.8. The van der Waals surface area contributed by atoms with Gasteiger partial charge in [0, 0.05) is 5.56 Å². The Balaban J connectivity index is 1.70. The van der Waals surface area contributed by atoms with Crippen molar-refractivity contribution < 1.29 is 13.9 Å². The van der Waals surface area contributed by atoms with Gasteiger partial charge < -0.3 is 4.74 Å². The molecule has 1 aromatic heterocycles. The van der Waals surface area contributed by atoms with Gasteiger partial charge in [0.2, 0.25) is 0 Å². The third-order valence-corrected chi connectivity index (χ3v) is 6.34. The van der Waals surface area contributed by atoms with Gasteiger partial charge in [-0.05, 0) is 65.3 Å². The molecule has 0 spiro atoms. The predicted octanol–water partition coefficient (Wildman–Crippen LogP) is 7.10. The molecule has 0 unspecified atom stereocenters. The van der Waals surface area contributed by atoms with Crippen LogP contribution in [0.4, 0.5) is 14.9 Å². The minimum atomic E-state index is -0.449. The Bertz CT molecular complexity index is 733. The van der Waals surface area contributed by atoms with Crippen molar-refractivity contribution in [2.24, 2.45) is 11.8 Å². The van der Waals surface area contributed by atoms with Crippen LogP contribution in [0.15, 0.2) is 35.0 Å². The number of rotatable bonds is 5. The van der Waals surface area contributed by atoms with E-state index in [1.54, 1.807) is 6.07 Å². The van der Waals surface area contributed by atoms with Crippen molar-refractivity contribution >= 4 is 23.1 Å². The van der Waals surface area contributed by atoms with Gasteiger partial charge in [-0.1, -0.05) is 39.5 Å². The summed E-state index contributed by atoms with van der Waals surface area (Å²) in [5.41, 5.74) is 2.14. The summed E-state index contributed by atoms with van der Waals surface area (Å²) in [4.78, 5) is 12.6. The number of halogens is 1. The Morgan fingerprint density at radius 2 is 1.89 bits per heavy atom. The van der Waals surface area contributed by atoms with Crippen molar-refractivity contribution in [3.63, 3.8) is 0 Å². The van der Waals surface area contributed by atoms with Gasteiger partial charge in [-0.3, -0.25) is 5.32 Å². The van der Waals surface area contributed by atoms with E-state index >= 15 is 0 Å². The van der Waals surface area contributed by atoms with Crippen LogP contribution in [0.1, 0.15) is 52.4 Å². The molecule has 0 saturated heterocycles. The number of hydrogen-bond acceptors (Lipinski definition) is 3. The quantitative estimate of drug-likeness (QED) is 0.554. The van der Waals surface area contributed by atoms with Gasteiger partial charge in [-0.2, -0.15) is 11.3 Å². The smallest absolute Gasteiger partial charge is 0.411 e. The molecular weight excluding hydrogens is 361 g/mol. The van der Waals surface area contributed by atoms with Crippen molar-refractivity contribution in [1.82, 2.24) is 0 Å². The zero-order valence-corrected chi connectivity index (χ0v) is 16.9. The molecule has 5 heteroatoms. The lowest BCUT2D eigenvalue weighted by Crippen LogP contribution is -2.25. The van der Waals surface area contributed by atoms with Crippen molar-refractivity contribution in [3.8, 4) is 11.1 Å². The molecule has 1 N–H and O–H groups in total. The fourth-order valence-electron chi connectivity index (χ4n) is 3.96. The van der Waals surface area contributed by atoms with Gasteiger partial charge in [-0.25, -0.2) is 9.18 Å². The van der Waals surface area contributed by atoms with E-state index in [-0.39, 0.29) is 11.9 Å². The minimum Gasteiger partial charge on any atom is -0.446 e. The predicted molar refractivity (Wildman–Crippen MR) is 110 cm³/mol. The van der Waals surface area contributed by atoms with Crippen LogP contribution >= 0.6 is 11.3 Å². The van der Waals surface area contributed by atoms with Gasteiger partial charge in [0.15, 0.2) is 0 Å². The highest BCUT2D eigenvalue weighted by atomic mass is 32.1. The van der Waals surface area contributed by atoms with Gasteiger partial charge in [0.1, 0.15) is 11.9 Å². The number of benzene rings is 1. The Morgan fingerprint density at radius 3 is 2.48 bits per heavy atom. The zero-order chi connectivity index (χ0) is 19.2. The first-order valence-electron chi connectivity index (χ1n) is 9.88. The molecule has 146 valence electrons. The molecule has 1 saturated carbocycles. The summed E-state index contributed by atoms with van der Waals surface area (Å²) in [7, 11) is 0. The molecule has 0 aliphatic heterocycles. The maximum atomic E-state index is 13.7. The van der Waals surface area contributed by atoms with Crippen LogP contribution in [0.25, 0.3) is 11.1 Å². The number of nitrogens with one attached hydrogen (secondary N) is 1. The van der Waals surface area contributed by atoms with Crippen molar-refractivity contribution in [1.29, 1.82) is 0 Å². The molecule has 3 atom stereocenters. The molecule has 0 radical (unpaired) electrons. The summed E-state index contributed by atoms with van der Waals surface area (Å²) in [6.45, 7) is 4.42. The van der Waals surface area contributed by atoms with Gasteiger partial charge >= 0.3 is 6.09 Å². The molecule has 3 nitrogen and oxygen atoms in total. The van der Waals surface area contributed by atoms with Crippen LogP contribution in [0, 0.1) is 17.7 Å². The van der Waals surface area contributed by atoms with E-state index in [0.29, 0.717) is 23.1 Å². The van der Waals surface area contributed by atoms with Crippen molar-refractivity contribution in [2.75, 3.05) is 5.32 Å². The van der Waals surface area contributed by atoms with E-state index in [2.05, 4.69) is 19.2 Å². The highest BCUT2D eigenvalue weighted by molar-refractivity contribution is 7.08. The monoisotopic (exact) mass is 389 g/mol. The average Bonchev–Trinajstić information content (AvgIpc) is 3.11. The van der Waals surface area contributed by atoms with Gasteiger partial charge in [-0.15, -0.1) is 0 Å². The second-order valence-corrected chi connectivity index (χ2v) is 8.23. The molecule has 1 aliphatic rings. The normalized spacial score (nSPS) is 22.9. The standard InChI is InChI=1S/C22H28FNO2S/c1-3-15-5-6-16(4-2)12-19(11-15)26-22(25)24-21-8-7-18(23)13-20(21)17-9-10-27-14-17/h7-10,13-16,19H,3-6,11-12H2,1-2H3,(H,24,25)/t15-,16+,19+. The van der Waals surface area contributed by atoms with Crippen LogP contribution in [-0.4, -0.2) is 12.2 Å². The maximum absolute atomic E-state index is 13.7. The Morgan fingerprint density at radius 1 is 1.19 bits per heavy atom. The van der Waals surface area contributed by atoms with Crippen LogP contribution in [0.5, 0.6) is 0 Å². The summed E-state index contributed by atoms with van der Waals surface area (Å²) in [6.07, 6.45) is 6.05. The number of hydrogen-bond donors (Lipinski definition) is 1. The van der Waals surface area contributed by atoms with Crippen LogP contribution < -0.4 is 5.32 Å². The molecule has 2 aromatic rings. The second kappa shape index (κ2) is 9.36. The number of anilines is 1. The van der Waals surface area contributed by atoms with Crippen LogP contribution in [0.2, 0.25) is 0 Å². The zero-order valence-electron chi connectivity index (χ0n) is 16.0. The molecule has 3 rings (SSSR count). The largest absolute Gasteiger partial charge is 0.446 e. The third-order valence-electron chi connectivity index (χ3n) is 5.65. The lowest BCUT2D eigenvalue weighted by molar-refractivity contribution is 0.0852. The Kier molecular flexibility index (Phi) is 6.89. The molecule has 1 heterocycles. The van der Waals surface area contributed by atoms with Crippen molar-refractivity contribution in [2.45, 2.75) is 58.5 Å². The number of thiophene rings is 1. The molecule has 0 bridgehead atoms. The molecule has 1 aliphatic carbocycles. The van der Waals surface area contributed by atoms with Gasteiger partial charge in [0.25, 0.3) is 0 Å². The van der Waals surface area contributed by atoms with Crippen LogP contribution in [-0.2, 0) is 4.74 Å². The third kappa shape index (κ3) is 5.32. The molecular formula is C22H28FNO2S. The molecule has 27 heavy (non-hydrogen) atoms. The molecule has 1 amide bonds. The number of carbonyl (C=O) groups is 1. The van der Waals surface area contributed by atoms with Gasteiger partial charge in [0.05, 0.1) is 5.69 Å². The number of amides is 1. The lowest BCUT2D eigenvalue weighted by Gasteiger charge is -2.21. The van der Waals surface area contributed by atoms with E-state index in [1.807, 2.05) is 16.8 Å². The summed E-state index contributed by atoms with van der Waals surface area (Å²) < 4.78 is 19.5. The van der Waals surface area contributed by atoms with Crippen molar-refractivity contribution in [3.05, 3.63) is 40.8 Å². The van der Waals surface area contributed by atoms with E-state index in [4.69, 9.17) is 4.74 Å². The maximum Gasteiger partial charge on any atom is 0.411 e. The first kappa shape index (κ1) is 19.9. The minimum absolute atomic E-state index is 0.0487. The fraction of sp³-hybridized carbons (Fsp3) is 0.500. The summed E-state index contributed by atoms with van der Waals surface area (Å²) >= 11 is 1.54.